The summed E-state index contributed by atoms with van der Waals surface area (Å²) >= 11 is 0. The van der Waals surface area contributed by atoms with Crippen LogP contribution in [-0.4, -0.2) is 18.1 Å². The molecular weight excluding hydrogens is 258 g/mol. The van der Waals surface area contributed by atoms with Gasteiger partial charge in [0.05, 0.1) is 0 Å². The summed E-state index contributed by atoms with van der Waals surface area (Å²) in [5, 5.41) is 3.57. The van der Waals surface area contributed by atoms with Gasteiger partial charge in [-0.3, -0.25) is 4.98 Å². The van der Waals surface area contributed by atoms with Crippen LogP contribution in [-0.2, 0) is 13.1 Å². The lowest BCUT2D eigenvalue weighted by molar-refractivity contribution is 0.688. The van der Waals surface area contributed by atoms with Crippen LogP contribution in [0.1, 0.15) is 29.5 Å². The van der Waals surface area contributed by atoms with Gasteiger partial charge in [-0.25, -0.2) is 0 Å². The van der Waals surface area contributed by atoms with Crippen LogP contribution in [0.25, 0.3) is 0 Å². The van der Waals surface area contributed by atoms with E-state index in [1.54, 1.807) is 0 Å². The molecule has 1 N–H and O–H groups in total. The number of hydrogen-bond acceptors (Lipinski definition) is 3. The molecule has 1 aliphatic rings. The first-order chi connectivity index (χ1) is 10.3. The number of nitrogens with zero attached hydrogens (tertiary/aromatic N) is 2. The summed E-state index contributed by atoms with van der Waals surface area (Å²) < 4.78 is 0. The second kappa shape index (κ2) is 6.72. The van der Waals surface area contributed by atoms with Crippen LogP contribution in [0.5, 0.6) is 0 Å². The normalized spacial score (nSPS) is 14.6. The molecule has 1 aromatic carbocycles. The summed E-state index contributed by atoms with van der Waals surface area (Å²) in [5.41, 5.74) is 5.36. The predicted molar refractivity (Wildman–Crippen MR) is 87.4 cm³/mol. The van der Waals surface area contributed by atoms with Gasteiger partial charge in [0.2, 0.25) is 0 Å². The highest BCUT2D eigenvalue weighted by molar-refractivity contribution is 5.54. The second-order valence-corrected chi connectivity index (χ2v) is 5.73. The summed E-state index contributed by atoms with van der Waals surface area (Å²) in [6.07, 6.45) is 6.42. The summed E-state index contributed by atoms with van der Waals surface area (Å²) in [6.45, 7) is 6.31. The van der Waals surface area contributed by atoms with E-state index in [1.165, 1.54) is 48.3 Å². The fourth-order valence-electron chi connectivity index (χ4n) is 2.96. The third kappa shape index (κ3) is 3.42. The summed E-state index contributed by atoms with van der Waals surface area (Å²) in [7, 11) is 0. The van der Waals surface area contributed by atoms with Crippen LogP contribution in [0.2, 0.25) is 0 Å². The number of anilines is 1. The zero-order chi connectivity index (χ0) is 14.5. The molecule has 0 amide bonds. The van der Waals surface area contributed by atoms with Crippen molar-refractivity contribution < 1.29 is 0 Å². The van der Waals surface area contributed by atoms with Crippen molar-refractivity contribution in [2.24, 2.45) is 0 Å². The molecule has 0 spiro atoms. The Morgan fingerprint density at radius 3 is 2.62 bits per heavy atom. The highest BCUT2D eigenvalue weighted by Crippen LogP contribution is 2.24. The molecular formula is C18H23N3. The maximum Gasteiger partial charge on any atom is 0.0411 e. The topological polar surface area (TPSA) is 28.2 Å². The molecule has 0 atom stereocenters. The molecule has 2 aromatic rings. The van der Waals surface area contributed by atoms with Gasteiger partial charge in [-0.2, -0.15) is 0 Å². The number of aromatic nitrogens is 1. The molecule has 0 saturated carbocycles. The molecule has 2 heterocycles. The van der Waals surface area contributed by atoms with Gasteiger partial charge in [0.15, 0.2) is 0 Å². The van der Waals surface area contributed by atoms with Gasteiger partial charge in [-0.15, -0.1) is 0 Å². The lowest BCUT2D eigenvalue weighted by Gasteiger charge is -2.21. The minimum atomic E-state index is 0.892. The number of nitrogens with one attached hydrogen (secondary N) is 1. The first kappa shape index (κ1) is 14.1. The highest BCUT2D eigenvalue weighted by Gasteiger charge is 2.14. The molecule has 1 aromatic heterocycles. The fourth-order valence-corrected chi connectivity index (χ4v) is 2.96. The van der Waals surface area contributed by atoms with Crippen LogP contribution in [0.4, 0.5) is 5.69 Å². The maximum absolute atomic E-state index is 4.14. The van der Waals surface area contributed by atoms with Crippen molar-refractivity contribution >= 4 is 5.69 Å². The fraction of sp³-hybridized carbons (Fsp3) is 0.389. The molecule has 21 heavy (non-hydrogen) atoms. The monoisotopic (exact) mass is 281 g/mol. The molecule has 3 nitrogen and oxygen atoms in total. The minimum absolute atomic E-state index is 0.892. The maximum atomic E-state index is 4.14. The van der Waals surface area contributed by atoms with E-state index >= 15 is 0 Å². The third-order valence-electron chi connectivity index (χ3n) is 4.21. The number of hydrogen-bond donors (Lipinski definition) is 1. The van der Waals surface area contributed by atoms with Gasteiger partial charge in [0.1, 0.15) is 0 Å². The lowest BCUT2D eigenvalue weighted by atomic mass is 10.1. The van der Waals surface area contributed by atoms with Crippen molar-refractivity contribution in [1.82, 2.24) is 10.3 Å². The van der Waals surface area contributed by atoms with E-state index < -0.39 is 0 Å². The molecule has 0 radical (unpaired) electrons. The molecule has 110 valence electrons. The highest BCUT2D eigenvalue weighted by atomic mass is 15.1. The van der Waals surface area contributed by atoms with Crippen LogP contribution in [0.15, 0.2) is 42.7 Å². The zero-order valence-corrected chi connectivity index (χ0v) is 12.7. The standard InChI is InChI=1S/C18H23N3/c1-15-12-19-9-8-16(15)13-20-14-17-6-2-3-7-18(17)21-10-4-5-11-21/h2-3,6-9,12,20H,4-5,10-11,13-14H2,1H3. The van der Waals surface area contributed by atoms with Crippen molar-refractivity contribution in [3.8, 4) is 0 Å². The number of pyridine rings is 1. The third-order valence-corrected chi connectivity index (χ3v) is 4.21. The summed E-state index contributed by atoms with van der Waals surface area (Å²) in [6, 6.07) is 10.9. The van der Waals surface area contributed by atoms with Gasteiger partial charge in [0.25, 0.3) is 0 Å². The van der Waals surface area contributed by atoms with E-state index in [4.69, 9.17) is 0 Å². The van der Waals surface area contributed by atoms with E-state index in [0.29, 0.717) is 0 Å². The first-order valence-electron chi connectivity index (χ1n) is 7.77. The molecule has 0 unspecified atom stereocenters. The summed E-state index contributed by atoms with van der Waals surface area (Å²) in [5.74, 6) is 0. The Morgan fingerprint density at radius 2 is 1.81 bits per heavy atom. The van der Waals surface area contributed by atoms with E-state index in [9.17, 15) is 0 Å². The molecule has 0 bridgehead atoms. The van der Waals surface area contributed by atoms with E-state index in [0.717, 1.165) is 13.1 Å². The lowest BCUT2D eigenvalue weighted by Crippen LogP contribution is -2.21. The molecule has 3 heteroatoms. The number of aryl methyl sites for hydroxylation is 1. The number of para-hydroxylation sites is 1. The molecule has 0 aliphatic carbocycles. The van der Waals surface area contributed by atoms with Crippen molar-refractivity contribution in [2.75, 3.05) is 18.0 Å². The molecule has 1 saturated heterocycles. The smallest absolute Gasteiger partial charge is 0.0411 e. The van der Waals surface area contributed by atoms with Crippen molar-refractivity contribution in [1.29, 1.82) is 0 Å². The Hall–Kier alpha value is -1.87. The molecule has 1 fully saturated rings. The average molecular weight is 281 g/mol. The van der Waals surface area contributed by atoms with Crippen molar-refractivity contribution in [2.45, 2.75) is 32.9 Å². The first-order valence-corrected chi connectivity index (χ1v) is 7.77. The Morgan fingerprint density at radius 1 is 1.05 bits per heavy atom. The second-order valence-electron chi connectivity index (χ2n) is 5.73. The summed E-state index contributed by atoms with van der Waals surface area (Å²) in [4.78, 5) is 6.65. The Bertz CT molecular complexity index is 589. The Balaban J connectivity index is 1.64. The number of benzene rings is 1. The van der Waals surface area contributed by atoms with E-state index in [1.807, 2.05) is 12.4 Å². The van der Waals surface area contributed by atoms with Gasteiger partial charge in [-0.05, 0) is 48.6 Å². The van der Waals surface area contributed by atoms with E-state index in [2.05, 4.69) is 52.5 Å². The van der Waals surface area contributed by atoms with Crippen LogP contribution >= 0.6 is 0 Å². The predicted octanol–water partition coefficient (Wildman–Crippen LogP) is 3.28. The van der Waals surface area contributed by atoms with Gasteiger partial charge in [0, 0.05) is 44.3 Å². The van der Waals surface area contributed by atoms with E-state index in [-0.39, 0.29) is 0 Å². The number of rotatable bonds is 5. The quantitative estimate of drug-likeness (QED) is 0.911. The minimum Gasteiger partial charge on any atom is -0.371 e. The SMILES string of the molecule is Cc1cnccc1CNCc1ccccc1N1CCCC1. The van der Waals surface area contributed by atoms with Crippen LogP contribution in [0, 0.1) is 6.92 Å². The van der Waals surface area contributed by atoms with Crippen LogP contribution in [0.3, 0.4) is 0 Å². The van der Waals surface area contributed by atoms with Gasteiger partial charge >= 0.3 is 0 Å². The van der Waals surface area contributed by atoms with Gasteiger partial charge < -0.3 is 10.2 Å². The Kier molecular flexibility index (Phi) is 4.51. The molecule has 3 rings (SSSR count). The van der Waals surface area contributed by atoms with Gasteiger partial charge in [-0.1, -0.05) is 18.2 Å². The van der Waals surface area contributed by atoms with Crippen LogP contribution < -0.4 is 10.2 Å². The Labute approximate surface area is 127 Å². The van der Waals surface area contributed by atoms with Crippen molar-refractivity contribution in [3.63, 3.8) is 0 Å². The average Bonchev–Trinajstić information content (AvgIpc) is 3.04. The van der Waals surface area contributed by atoms with Crippen molar-refractivity contribution in [3.05, 3.63) is 59.4 Å². The zero-order valence-electron chi connectivity index (χ0n) is 12.7. The molecule has 1 aliphatic heterocycles. The largest absolute Gasteiger partial charge is 0.371 e.